The number of nitro benzene ring substituents is 1. The first-order chi connectivity index (χ1) is 15.3. The molecule has 1 aromatic heterocycles. The Kier molecular flexibility index (Phi) is 6.45. The molecule has 1 N–H and O–H groups in total. The number of hydrogen-bond donors (Lipinski definition) is 1. The number of methoxy groups -OCH3 is 1. The number of aromatic nitrogens is 2. The lowest BCUT2D eigenvalue weighted by atomic mass is 10.1. The van der Waals surface area contributed by atoms with Crippen molar-refractivity contribution in [1.29, 1.82) is 5.26 Å². The van der Waals surface area contributed by atoms with Gasteiger partial charge < -0.3 is 20.0 Å². The number of nitrogens with one attached hydrogen (secondary N) is 1. The number of nitrogens with zero attached hydrogens (tertiary/aromatic N) is 4. The minimum atomic E-state index is -1.39. The average molecular weight is 434 g/mol. The molecule has 0 saturated heterocycles. The van der Waals surface area contributed by atoms with Crippen LogP contribution in [0, 0.1) is 21.4 Å². The average Bonchev–Trinajstić information content (AvgIpc) is 3.21. The summed E-state index contributed by atoms with van der Waals surface area (Å²) in [6, 6.07) is 11.7. The van der Waals surface area contributed by atoms with Gasteiger partial charge in [-0.25, -0.2) is 0 Å². The van der Waals surface area contributed by atoms with E-state index < -0.39 is 16.8 Å². The summed E-state index contributed by atoms with van der Waals surface area (Å²) >= 11 is 0. The molecule has 3 rings (SSSR count). The molecule has 0 aliphatic carbocycles. The molecule has 0 aliphatic rings. The molecule has 2 aromatic carbocycles. The zero-order chi connectivity index (χ0) is 23.3. The maximum absolute atomic E-state index is 13.0. The molecular weight excluding hydrogens is 418 g/mol. The van der Waals surface area contributed by atoms with Crippen molar-refractivity contribution in [2.45, 2.75) is 13.0 Å². The normalized spacial score (nSPS) is 10.2. The molecule has 0 aliphatic heterocycles. The van der Waals surface area contributed by atoms with Crippen LogP contribution in [0.15, 0.2) is 48.7 Å². The summed E-state index contributed by atoms with van der Waals surface area (Å²) in [6.45, 7) is 0.204. The van der Waals surface area contributed by atoms with Crippen LogP contribution in [0.3, 0.4) is 0 Å². The second kappa shape index (κ2) is 9.40. The van der Waals surface area contributed by atoms with E-state index in [0.717, 1.165) is 0 Å². The van der Waals surface area contributed by atoms with Gasteiger partial charge in [0.25, 0.3) is 5.91 Å². The number of ether oxygens (including phenoxy) is 1. The highest BCUT2D eigenvalue weighted by Crippen LogP contribution is 2.33. The highest BCUT2D eigenvalue weighted by atomic mass is 16.6. The van der Waals surface area contributed by atoms with Crippen molar-refractivity contribution in [2.24, 2.45) is 0 Å². The van der Waals surface area contributed by atoms with Gasteiger partial charge in [-0.2, -0.15) is 10.4 Å². The molecule has 11 nitrogen and oxygen atoms in total. The third kappa shape index (κ3) is 4.71. The molecule has 3 aromatic rings. The van der Waals surface area contributed by atoms with E-state index in [1.54, 1.807) is 0 Å². The van der Waals surface area contributed by atoms with Crippen LogP contribution in [0.4, 0.5) is 11.4 Å². The van der Waals surface area contributed by atoms with Crippen LogP contribution >= 0.6 is 0 Å². The van der Waals surface area contributed by atoms with Crippen molar-refractivity contribution in [3.05, 3.63) is 69.9 Å². The molecule has 0 spiro atoms. The molecule has 0 unspecified atom stereocenters. The summed E-state index contributed by atoms with van der Waals surface area (Å²) in [5.41, 5.74) is 0.335. The van der Waals surface area contributed by atoms with Gasteiger partial charge in [0.1, 0.15) is 5.69 Å². The second-order valence-corrected chi connectivity index (χ2v) is 6.53. The van der Waals surface area contributed by atoms with E-state index in [-0.39, 0.29) is 46.9 Å². The summed E-state index contributed by atoms with van der Waals surface area (Å²) in [7, 11) is 1.30. The molecule has 0 fully saturated rings. The van der Waals surface area contributed by atoms with E-state index in [4.69, 9.17) is 10.00 Å². The van der Waals surface area contributed by atoms with Crippen molar-refractivity contribution in [2.75, 3.05) is 12.4 Å². The third-order valence-corrected chi connectivity index (χ3v) is 4.46. The molecule has 0 atom stereocenters. The molecule has 0 bridgehead atoms. The van der Waals surface area contributed by atoms with Crippen molar-refractivity contribution in [3.63, 3.8) is 0 Å². The number of hydrogen-bond acceptors (Lipinski definition) is 8. The smallest absolute Gasteiger partial charge is 0.311 e. The van der Waals surface area contributed by atoms with E-state index in [0.29, 0.717) is 5.56 Å². The predicted molar refractivity (Wildman–Crippen MR) is 110 cm³/mol. The van der Waals surface area contributed by atoms with E-state index in [2.05, 4.69) is 10.4 Å². The summed E-state index contributed by atoms with van der Waals surface area (Å²) in [6.07, 6.45) is 1.55. The Bertz CT molecular complexity index is 1240. The number of carbonyl (C=O) groups excluding carboxylic acids is 2. The van der Waals surface area contributed by atoms with Gasteiger partial charge in [0.15, 0.2) is 5.75 Å². The SMILES string of the molecule is COc1ccc(-c2nn(CCC#N)cc2C(=O)Nc2cccc(C(=O)[O-])c2)cc1[N+](=O)[O-]. The first-order valence-corrected chi connectivity index (χ1v) is 9.24. The molecule has 11 heteroatoms. The number of aryl methyl sites for hydroxylation is 1. The topological polar surface area (TPSA) is 163 Å². The van der Waals surface area contributed by atoms with Gasteiger partial charge >= 0.3 is 5.69 Å². The van der Waals surface area contributed by atoms with Crippen LogP contribution in [0.5, 0.6) is 5.75 Å². The molecule has 32 heavy (non-hydrogen) atoms. The minimum absolute atomic E-state index is 0.0489. The fraction of sp³-hybridized carbons (Fsp3) is 0.143. The molecule has 1 heterocycles. The van der Waals surface area contributed by atoms with Gasteiger partial charge in [0.05, 0.1) is 42.6 Å². The number of nitro groups is 1. The number of carboxylic acid groups (broad SMARTS) is 1. The number of benzene rings is 2. The fourth-order valence-electron chi connectivity index (χ4n) is 2.98. The predicted octanol–water partition coefficient (Wildman–Crippen LogP) is 2.00. The zero-order valence-corrected chi connectivity index (χ0v) is 16.8. The number of rotatable bonds is 8. The van der Waals surface area contributed by atoms with Gasteiger partial charge in [-0.3, -0.25) is 19.6 Å². The molecule has 0 saturated carbocycles. The minimum Gasteiger partial charge on any atom is -0.545 e. The van der Waals surface area contributed by atoms with Crippen LogP contribution < -0.4 is 15.2 Å². The van der Waals surface area contributed by atoms with Crippen molar-refractivity contribution in [1.82, 2.24) is 9.78 Å². The maximum atomic E-state index is 13.0. The summed E-state index contributed by atoms with van der Waals surface area (Å²) in [4.78, 5) is 34.8. The number of amides is 1. The highest BCUT2D eigenvalue weighted by Gasteiger charge is 2.22. The van der Waals surface area contributed by atoms with Gasteiger partial charge in [-0.15, -0.1) is 0 Å². The second-order valence-electron chi connectivity index (χ2n) is 6.53. The van der Waals surface area contributed by atoms with Gasteiger partial charge in [0.2, 0.25) is 0 Å². The van der Waals surface area contributed by atoms with Crippen LogP contribution in [0.25, 0.3) is 11.3 Å². The van der Waals surface area contributed by atoms with Gasteiger partial charge in [0, 0.05) is 23.5 Å². The van der Waals surface area contributed by atoms with E-state index >= 15 is 0 Å². The standard InChI is InChI=1S/C21H17N5O6/c1-32-18-7-6-13(11-17(18)26(30)31)19-16(12-25(24-19)9-3-8-22)20(27)23-15-5-2-4-14(10-15)21(28)29/h2,4-7,10-12H,3,9H2,1H3,(H,23,27)(H,28,29)/p-1. The first kappa shape index (κ1) is 22.0. The monoisotopic (exact) mass is 434 g/mol. The fourth-order valence-corrected chi connectivity index (χ4v) is 2.98. The Hall–Kier alpha value is -4.72. The van der Waals surface area contributed by atoms with Crippen LogP contribution in [-0.4, -0.2) is 33.7 Å². The van der Waals surface area contributed by atoms with E-state index in [9.17, 15) is 24.8 Å². The van der Waals surface area contributed by atoms with Crippen LogP contribution in [0.2, 0.25) is 0 Å². The van der Waals surface area contributed by atoms with Crippen molar-refractivity contribution < 1.29 is 24.4 Å². The lowest BCUT2D eigenvalue weighted by Crippen LogP contribution is -2.22. The third-order valence-electron chi connectivity index (χ3n) is 4.46. The largest absolute Gasteiger partial charge is 0.545 e. The van der Waals surface area contributed by atoms with E-state index in [1.165, 1.54) is 60.5 Å². The number of carboxylic acids is 1. The zero-order valence-electron chi connectivity index (χ0n) is 16.8. The van der Waals surface area contributed by atoms with Crippen molar-refractivity contribution in [3.8, 4) is 23.1 Å². The Morgan fingerprint density at radius 2 is 2.06 bits per heavy atom. The Morgan fingerprint density at radius 1 is 1.28 bits per heavy atom. The molecular formula is C21H16N5O6-. The quantitative estimate of drug-likeness (QED) is 0.415. The van der Waals surface area contributed by atoms with Crippen LogP contribution in [0.1, 0.15) is 27.1 Å². The molecule has 162 valence electrons. The number of carbonyl (C=O) groups is 2. The van der Waals surface area contributed by atoms with Crippen LogP contribution in [-0.2, 0) is 6.54 Å². The first-order valence-electron chi connectivity index (χ1n) is 9.24. The lowest BCUT2D eigenvalue weighted by Gasteiger charge is -2.08. The summed E-state index contributed by atoms with van der Waals surface area (Å²) < 4.78 is 6.40. The lowest BCUT2D eigenvalue weighted by molar-refractivity contribution is -0.385. The maximum Gasteiger partial charge on any atom is 0.311 e. The Labute approximate surface area is 181 Å². The summed E-state index contributed by atoms with van der Waals surface area (Å²) in [5.74, 6) is -1.96. The number of nitriles is 1. The summed E-state index contributed by atoms with van der Waals surface area (Å²) in [5, 5.41) is 38.2. The Balaban J connectivity index is 2.03. The molecule has 1 amide bonds. The van der Waals surface area contributed by atoms with Crippen molar-refractivity contribution >= 4 is 23.3 Å². The highest BCUT2D eigenvalue weighted by molar-refractivity contribution is 6.08. The van der Waals surface area contributed by atoms with Gasteiger partial charge in [-0.05, 0) is 29.8 Å². The van der Waals surface area contributed by atoms with Gasteiger partial charge in [-0.1, -0.05) is 12.1 Å². The number of aromatic carboxylic acids is 1. The number of anilines is 1. The molecule has 0 radical (unpaired) electrons. The Morgan fingerprint density at radius 3 is 2.72 bits per heavy atom. The van der Waals surface area contributed by atoms with E-state index in [1.807, 2.05) is 6.07 Å².